The zero-order valence-corrected chi connectivity index (χ0v) is 7.70. The molecule has 2 aliphatic rings. The minimum atomic E-state index is -4.73. The molecule has 2 N–H and O–H groups in total. The molecule has 0 amide bonds. The molecule has 0 bridgehead atoms. The maximum atomic E-state index is 13.4. The van der Waals surface area contributed by atoms with Gasteiger partial charge in [0.15, 0.2) is 0 Å². The quantitative estimate of drug-likeness (QED) is 0.663. The van der Waals surface area contributed by atoms with Crippen molar-refractivity contribution in [2.24, 2.45) is 11.7 Å². The van der Waals surface area contributed by atoms with Crippen LogP contribution in [0.5, 0.6) is 0 Å². The monoisotopic (exact) mass is 211 g/mol. The van der Waals surface area contributed by atoms with Crippen molar-refractivity contribution in [2.45, 2.75) is 49.5 Å². The van der Waals surface area contributed by atoms with Gasteiger partial charge in [-0.15, -0.1) is 0 Å². The van der Waals surface area contributed by atoms with Crippen molar-refractivity contribution in [1.29, 1.82) is 0 Å². The number of alkyl halides is 4. The van der Waals surface area contributed by atoms with Gasteiger partial charge in [0.2, 0.25) is 5.67 Å². The Balaban J connectivity index is 2.07. The van der Waals surface area contributed by atoms with Gasteiger partial charge in [0.05, 0.1) is 0 Å². The van der Waals surface area contributed by atoms with Crippen molar-refractivity contribution in [3.05, 3.63) is 0 Å². The Bertz CT molecular complexity index is 246. The summed E-state index contributed by atoms with van der Waals surface area (Å²) in [6.45, 7) is 0. The van der Waals surface area contributed by atoms with Gasteiger partial charge in [-0.2, -0.15) is 13.2 Å². The summed E-state index contributed by atoms with van der Waals surface area (Å²) in [5.41, 5.74) is 2.32. The molecule has 0 heterocycles. The normalized spacial score (nSPS) is 41.4. The van der Waals surface area contributed by atoms with Crippen LogP contribution in [0.3, 0.4) is 0 Å². The van der Waals surface area contributed by atoms with E-state index in [1.807, 2.05) is 0 Å². The van der Waals surface area contributed by atoms with E-state index >= 15 is 0 Å². The summed E-state index contributed by atoms with van der Waals surface area (Å²) in [6, 6.07) is 0. The van der Waals surface area contributed by atoms with Gasteiger partial charge in [0.1, 0.15) is 0 Å². The van der Waals surface area contributed by atoms with E-state index in [4.69, 9.17) is 5.73 Å². The highest BCUT2D eigenvalue weighted by Crippen LogP contribution is 2.55. The summed E-state index contributed by atoms with van der Waals surface area (Å²) in [7, 11) is 0. The van der Waals surface area contributed by atoms with Crippen LogP contribution in [0.15, 0.2) is 0 Å². The van der Waals surface area contributed by atoms with E-state index in [0.717, 1.165) is 12.8 Å². The molecule has 2 aliphatic carbocycles. The molecule has 2 fully saturated rings. The van der Waals surface area contributed by atoms with E-state index < -0.39 is 30.2 Å². The minimum absolute atomic E-state index is 0.270. The Labute approximate surface area is 79.6 Å². The molecule has 5 heteroatoms. The van der Waals surface area contributed by atoms with Crippen LogP contribution in [0.4, 0.5) is 17.6 Å². The van der Waals surface area contributed by atoms with Gasteiger partial charge in [-0.05, 0) is 38.0 Å². The van der Waals surface area contributed by atoms with E-state index in [2.05, 4.69) is 0 Å². The fourth-order valence-electron chi connectivity index (χ4n) is 2.30. The van der Waals surface area contributed by atoms with Gasteiger partial charge in [0.25, 0.3) is 0 Å². The zero-order valence-electron chi connectivity index (χ0n) is 7.70. The van der Waals surface area contributed by atoms with E-state index in [1.165, 1.54) is 0 Å². The van der Waals surface area contributed by atoms with Crippen LogP contribution < -0.4 is 5.73 Å². The predicted molar refractivity (Wildman–Crippen MR) is 43.4 cm³/mol. The topological polar surface area (TPSA) is 26.0 Å². The highest BCUT2D eigenvalue weighted by Gasteiger charge is 2.63. The summed E-state index contributed by atoms with van der Waals surface area (Å²) >= 11 is 0. The first-order valence-corrected chi connectivity index (χ1v) is 4.81. The van der Waals surface area contributed by atoms with Gasteiger partial charge in [0, 0.05) is 5.54 Å². The molecule has 2 atom stereocenters. The molecule has 0 spiro atoms. The van der Waals surface area contributed by atoms with E-state index in [1.54, 1.807) is 0 Å². The summed E-state index contributed by atoms with van der Waals surface area (Å²) in [4.78, 5) is 0. The molecular weight excluding hydrogens is 198 g/mol. The van der Waals surface area contributed by atoms with Crippen LogP contribution in [0.1, 0.15) is 32.1 Å². The molecule has 0 radical (unpaired) electrons. The lowest BCUT2D eigenvalue weighted by molar-refractivity contribution is -0.228. The number of halogens is 4. The number of hydrogen-bond acceptors (Lipinski definition) is 1. The minimum Gasteiger partial charge on any atom is -0.325 e. The first-order valence-electron chi connectivity index (χ1n) is 4.81. The molecule has 14 heavy (non-hydrogen) atoms. The molecule has 82 valence electrons. The van der Waals surface area contributed by atoms with Crippen molar-refractivity contribution >= 4 is 0 Å². The van der Waals surface area contributed by atoms with E-state index in [9.17, 15) is 17.6 Å². The Morgan fingerprint density at radius 2 is 1.71 bits per heavy atom. The van der Waals surface area contributed by atoms with Crippen LogP contribution in [0, 0.1) is 5.92 Å². The Morgan fingerprint density at radius 3 is 2.07 bits per heavy atom. The van der Waals surface area contributed by atoms with Crippen molar-refractivity contribution in [3.8, 4) is 0 Å². The van der Waals surface area contributed by atoms with Gasteiger partial charge < -0.3 is 5.73 Å². The highest BCUT2D eigenvalue weighted by atomic mass is 19.4. The van der Waals surface area contributed by atoms with Crippen molar-refractivity contribution in [1.82, 2.24) is 0 Å². The second-order valence-electron chi connectivity index (χ2n) is 4.64. The Morgan fingerprint density at radius 1 is 1.14 bits per heavy atom. The molecule has 2 saturated carbocycles. The van der Waals surface area contributed by atoms with Crippen molar-refractivity contribution in [3.63, 3.8) is 0 Å². The number of hydrogen-bond donors (Lipinski definition) is 1. The van der Waals surface area contributed by atoms with Crippen molar-refractivity contribution < 1.29 is 17.6 Å². The molecule has 0 saturated heterocycles. The highest BCUT2D eigenvalue weighted by molar-refractivity contribution is 5.10. The third kappa shape index (κ3) is 1.42. The fraction of sp³-hybridized carbons (Fsp3) is 1.00. The second-order valence-corrected chi connectivity index (χ2v) is 4.64. The summed E-state index contributed by atoms with van der Waals surface area (Å²) in [5.74, 6) is -0.283. The van der Waals surface area contributed by atoms with Gasteiger partial charge in [-0.1, -0.05) is 0 Å². The molecule has 0 aliphatic heterocycles. The number of nitrogens with two attached hydrogens (primary N) is 1. The van der Waals surface area contributed by atoms with Crippen LogP contribution in [0.2, 0.25) is 0 Å². The van der Waals surface area contributed by atoms with Crippen molar-refractivity contribution in [2.75, 3.05) is 0 Å². The third-order valence-electron chi connectivity index (χ3n) is 3.61. The molecule has 0 aromatic carbocycles. The van der Waals surface area contributed by atoms with Crippen LogP contribution in [0.25, 0.3) is 0 Å². The fourth-order valence-corrected chi connectivity index (χ4v) is 2.30. The molecule has 0 aromatic rings. The average Bonchev–Trinajstić information content (AvgIpc) is 2.61. The van der Waals surface area contributed by atoms with Gasteiger partial charge >= 0.3 is 6.18 Å². The lowest BCUT2D eigenvalue weighted by atomic mass is 9.94. The largest absolute Gasteiger partial charge is 0.422 e. The predicted octanol–water partition coefficient (Wildman–Crippen LogP) is 2.55. The maximum Gasteiger partial charge on any atom is 0.422 e. The first-order chi connectivity index (χ1) is 6.27. The second kappa shape index (κ2) is 2.62. The molecular formula is C9H13F4N. The average molecular weight is 211 g/mol. The maximum absolute atomic E-state index is 13.4. The zero-order chi connectivity index (χ0) is 10.6. The lowest BCUT2D eigenvalue weighted by Crippen LogP contribution is -2.40. The standard InChI is InChI=1S/C9H13F4N/c10-8(9(11,12)13)2-1-6(5-8)7(14)3-4-7/h6H,1-5,14H2. The van der Waals surface area contributed by atoms with Gasteiger partial charge in [-0.25, -0.2) is 4.39 Å². The molecule has 0 aromatic heterocycles. The first kappa shape index (κ1) is 10.2. The number of rotatable bonds is 1. The Hall–Kier alpha value is -0.320. The van der Waals surface area contributed by atoms with E-state index in [0.29, 0.717) is 0 Å². The Kier molecular flexibility index (Phi) is 1.91. The molecule has 2 unspecified atom stereocenters. The van der Waals surface area contributed by atoms with Crippen LogP contribution >= 0.6 is 0 Å². The third-order valence-corrected chi connectivity index (χ3v) is 3.61. The summed E-state index contributed by atoms with van der Waals surface area (Å²) < 4.78 is 50.4. The SMILES string of the molecule is NC1(C2CCC(F)(C(F)(F)F)C2)CC1. The van der Waals surface area contributed by atoms with Gasteiger partial charge in [-0.3, -0.25) is 0 Å². The summed E-state index contributed by atoms with van der Waals surface area (Å²) in [6.07, 6.45) is -3.83. The summed E-state index contributed by atoms with van der Waals surface area (Å²) in [5, 5.41) is 0. The van der Waals surface area contributed by atoms with E-state index in [-0.39, 0.29) is 12.3 Å². The van der Waals surface area contributed by atoms with Crippen LogP contribution in [-0.4, -0.2) is 17.4 Å². The van der Waals surface area contributed by atoms with Crippen LogP contribution in [-0.2, 0) is 0 Å². The smallest absolute Gasteiger partial charge is 0.325 e. The molecule has 1 nitrogen and oxygen atoms in total. The lowest BCUT2D eigenvalue weighted by Gasteiger charge is -2.24. The molecule has 2 rings (SSSR count).